The number of benzene rings is 2. The van der Waals surface area contributed by atoms with Crippen LogP contribution in [0, 0.1) is 11.6 Å². The summed E-state index contributed by atoms with van der Waals surface area (Å²) in [5.74, 6) is -1.45. The van der Waals surface area contributed by atoms with E-state index in [9.17, 15) is 18.4 Å². The minimum Gasteiger partial charge on any atom is -0.350 e. The number of halogens is 2. The molecule has 4 nitrogen and oxygen atoms in total. The van der Waals surface area contributed by atoms with Gasteiger partial charge >= 0.3 is 0 Å². The standard InChI is InChI=1S/C20H20F2N2O2/c21-15-6-3-5-14(11-15)12-16(24-10-4-9-19(24)25)13-23-20(26)17-7-1-2-8-18(17)22/h1-3,5-8,11,16H,4,9-10,12-13H2,(H,23,26)/t16-/m1/s1. The van der Waals surface area contributed by atoms with E-state index < -0.39 is 11.7 Å². The number of nitrogens with one attached hydrogen (secondary N) is 1. The molecule has 0 aromatic heterocycles. The summed E-state index contributed by atoms with van der Waals surface area (Å²) in [5, 5.41) is 2.71. The molecule has 26 heavy (non-hydrogen) atoms. The molecule has 0 saturated carbocycles. The summed E-state index contributed by atoms with van der Waals surface area (Å²) < 4.78 is 27.2. The van der Waals surface area contributed by atoms with E-state index in [2.05, 4.69) is 5.32 Å². The highest BCUT2D eigenvalue weighted by molar-refractivity contribution is 5.94. The second kappa shape index (κ2) is 8.08. The Labute approximate surface area is 150 Å². The molecule has 3 rings (SSSR count). The van der Waals surface area contributed by atoms with Crippen molar-refractivity contribution in [3.8, 4) is 0 Å². The van der Waals surface area contributed by atoms with E-state index in [1.807, 2.05) is 0 Å². The Morgan fingerprint density at radius 1 is 1.15 bits per heavy atom. The van der Waals surface area contributed by atoms with Crippen molar-refractivity contribution in [1.82, 2.24) is 10.2 Å². The number of nitrogens with zero attached hydrogens (tertiary/aromatic N) is 1. The van der Waals surface area contributed by atoms with Gasteiger partial charge in [-0.15, -0.1) is 0 Å². The molecule has 2 aromatic carbocycles. The number of carbonyl (C=O) groups is 2. The zero-order valence-corrected chi connectivity index (χ0v) is 14.3. The van der Waals surface area contributed by atoms with Crippen molar-refractivity contribution in [2.75, 3.05) is 13.1 Å². The maximum Gasteiger partial charge on any atom is 0.254 e. The lowest BCUT2D eigenvalue weighted by Gasteiger charge is -2.28. The lowest BCUT2D eigenvalue weighted by atomic mass is 10.0. The van der Waals surface area contributed by atoms with Gasteiger partial charge in [-0.25, -0.2) is 8.78 Å². The lowest BCUT2D eigenvalue weighted by molar-refractivity contribution is -0.129. The minimum atomic E-state index is -0.594. The number of rotatable bonds is 6. The highest BCUT2D eigenvalue weighted by Gasteiger charge is 2.28. The molecule has 2 aromatic rings. The van der Waals surface area contributed by atoms with Crippen LogP contribution in [0.1, 0.15) is 28.8 Å². The zero-order chi connectivity index (χ0) is 18.5. The molecule has 1 atom stereocenters. The van der Waals surface area contributed by atoms with Crippen molar-refractivity contribution < 1.29 is 18.4 Å². The van der Waals surface area contributed by atoms with Crippen LogP contribution in [0.15, 0.2) is 48.5 Å². The molecule has 0 unspecified atom stereocenters. The Kier molecular flexibility index (Phi) is 5.61. The molecule has 0 aliphatic carbocycles. The third kappa shape index (κ3) is 4.25. The summed E-state index contributed by atoms with van der Waals surface area (Å²) in [4.78, 5) is 26.1. The largest absolute Gasteiger partial charge is 0.350 e. The molecule has 1 saturated heterocycles. The molecule has 0 radical (unpaired) electrons. The maximum absolute atomic E-state index is 13.8. The quantitative estimate of drug-likeness (QED) is 0.863. The van der Waals surface area contributed by atoms with E-state index in [1.54, 1.807) is 23.1 Å². The fourth-order valence-corrected chi connectivity index (χ4v) is 3.23. The highest BCUT2D eigenvalue weighted by Crippen LogP contribution is 2.18. The normalized spacial score (nSPS) is 15.2. The molecule has 1 aliphatic heterocycles. The van der Waals surface area contributed by atoms with Gasteiger partial charge in [0.15, 0.2) is 0 Å². The summed E-state index contributed by atoms with van der Waals surface area (Å²) in [7, 11) is 0. The van der Waals surface area contributed by atoms with Crippen molar-refractivity contribution in [3.63, 3.8) is 0 Å². The molecule has 0 bridgehead atoms. The molecule has 1 heterocycles. The predicted octanol–water partition coefficient (Wildman–Crippen LogP) is 2.93. The smallest absolute Gasteiger partial charge is 0.254 e. The van der Waals surface area contributed by atoms with Crippen molar-refractivity contribution in [2.45, 2.75) is 25.3 Å². The first-order valence-corrected chi connectivity index (χ1v) is 8.61. The number of amides is 2. The first-order valence-electron chi connectivity index (χ1n) is 8.61. The van der Waals surface area contributed by atoms with Crippen LogP contribution >= 0.6 is 0 Å². The van der Waals surface area contributed by atoms with Crippen LogP contribution in [0.2, 0.25) is 0 Å². The summed E-state index contributed by atoms with van der Waals surface area (Å²) in [6.45, 7) is 0.782. The molecular formula is C20H20F2N2O2. The number of hydrogen-bond donors (Lipinski definition) is 1. The molecule has 1 N–H and O–H groups in total. The molecule has 6 heteroatoms. The predicted molar refractivity (Wildman–Crippen MR) is 93.6 cm³/mol. The summed E-state index contributed by atoms with van der Waals surface area (Å²) in [6.07, 6.45) is 1.65. The van der Waals surface area contributed by atoms with Crippen LogP contribution in [-0.2, 0) is 11.2 Å². The van der Waals surface area contributed by atoms with Crippen molar-refractivity contribution >= 4 is 11.8 Å². The van der Waals surface area contributed by atoms with Crippen LogP contribution in [0.25, 0.3) is 0 Å². The fraction of sp³-hybridized carbons (Fsp3) is 0.300. The van der Waals surface area contributed by atoms with Gasteiger partial charge in [-0.2, -0.15) is 0 Å². The Hall–Kier alpha value is -2.76. The van der Waals surface area contributed by atoms with Crippen molar-refractivity contribution in [3.05, 3.63) is 71.3 Å². The Balaban J connectivity index is 1.72. The number of carbonyl (C=O) groups excluding carboxylic acids is 2. The summed E-state index contributed by atoms with van der Waals surface area (Å²) in [6, 6.07) is 11.6. The van der Waals surface area contributed by atoms with Gasteiger partial charge < -0.3 is 10.2 Å². The van der Waals surface area contributed by atoms with Gasteiger partial charge in [-0.3, -0.25) is 9.59 Å². The van der Waals surface area contributed by atoms with E-state index in [1.165, 1.54) is 30.3 Å². The highest BCUT2D eigenvalue weighted by atomic mass is 19.1. The van der Waals surface area contributed by atoms with E-state index in [0.29, 0.717) is 19.4 Å². The van der Waals surface area contributed by atoms with Gasteiger partial charge in [0.2, 0.25) is 5.91 Å². The average molecular weight is 358 g/mol. The van der Waals surface area contributed by atoms with Crippen LogP contribution in [0.4, 0.5) is 8.78 Å². The van der Waals surface area contributed by atoms with E-state index in [4.69, 9.17) is 0 Å². The molecule has 1 fully saturated rings. The van der Waals surface area contributed by atoms with Crippen molar-refractivity contribution in [2.24, 2.45) is 0 Å². The lowest BCUT2D eigenvalue weighted by Crippen LogP contribution is -2.46. The van der Waals surface area contributed by atoms with Gasteiger partial charge in [0.1, 0.15) is 11.6 Å². The van der Waals surface area contributed by atoms with E-state index >= 15 is 0 Å². The van der Waals surface area contributed by atoms with E-state index in [-0.39, 0.29) is 29.9 Å². The molecule has 1 aliphatic rings. The SMILES string of the molecule is O=C(NC[C@@H](Cc1cccc(F)c1)N1CCCC1=O)c1ccccc1F. The van der Waals surface area contributed by atoms with Crippen LogP contribution in [-0.4, -0.2) is 35.8 Å². The van der Waals surface area contributed by atoms with Gasteiger partial charge in [-0.1, -0.05) is 24.3 Å². The maximum atomic E-state index is 13.8. The summed E-state index contributed by atoms with van der Waals surface area (Å²) >= 11 is 0. The first kappa shape index (κ1) is 18.0. The Morgan fingerprint density at radius 3 is 2.65 bits per heavy atom. The van der Waals surface area contributed by atoms with Crippen LogP contribution < -0.4 is 5.32 Å². The van der Waals surface area contributed by atoms with Crippen LogP contribution in [0.5, 0.6) is 0 Å². The monoisotopic (exact) mass is 358 g/mol. The van der Waals surface area contributed by atoms with E-state index in [0.717, 1.165) is 12.0 Å². The second-order valence-electron chi connectivity index (χ2n) is 6.37. The van der Waals surface area contributed by atoms with Gasteiger partial charge in [0.05, 0.1) is 11.6 Å². The first-order chi connectivity index (χ1) is 12.5. The molecule has 2 amide bonds. The zero-order valence-electron chi connectivity index (χ0n) is 14.3. The second-order valence-corrected chi connectivity index (χ2v) is 6.37. The fourth-order valence-electron chi connectivity index (χ4n) is 3.23. The number of hydrogen-bond acceptors (Lipinski definition) is 2. The Morgan fingerprint density at radius 2 is 1.96 bits per heavy atom. The molecule has 0 spiro atoms. The summed E-state index contributed by atoms with van der Waals surface area (Å²) in [5.41, 5.74) is 0.708. The molecular weight excluding hydrogens is 338 g/mol. The van der Waals surface area contributed by atoms with Crippen LogP contribution in [0.3, 0.4) is 0 Å². The Bertz CT molecular complexity index is 810. The topological polar surface area (TPSA) is 49.4 Å². The van der Waals surface area contributed by atoms with Gasteiger partial charge in [-0.05, 0) is 42.7 Å². The third-order valence-electron chi connectivity index (χ3n) is 4.53. The third-order valence-corrected chi connectivity index (χ3v) is 4.53. The van der Waals surface area contributed by atoms with Gasteiger partial charge in [0, 0.05) is 19.5 Å². The number of likely N-dealkylation sites (tertiary alicyclic amines) is 1. The van der Waals surface area contributed by atoms with Crippen molar-refractivity contribution in [1.29, 1.82) is 0 Å². The minimum absolute atomic E-state index is 0.0199. The average Bonchev–Trinajstić information content (AvgIpc) is 3.04. The van der Waals surface area contributed by atoms with Gasteiger partial charge in [0.25, 0.3) is 5.91 Å². The molecule has 136 valence electrons.